The molecule has 2 fully saturated rings. The highest BCUT2D eigenvalue weighted by molar-refractivity contribution is 5.90. The fourth-order valence-electron chi connectivity index (χ4n) is 6.20. The molecule has 5 rings (SSSR count). The number of amides is 2. The molecule has 2 aliphatic rings. The van der Waals surface area contributed by atoms with Crippen LogP contribution in [0, 0.1) is 0 Å². The number of nitrogens with two attached hydrogens (primary N) is 1. The standard InChI is InChI=1S/C23H24N4O2.C10H19NO2/c1-15(28)25-20-12-19(16-6-4-3-5-7-16)21(27-26-20)17-8-10-18(11-9-17)23(24)13-22(2,29)14-23;1-3-11(10(12)13-2)9-7-5-4-6-8-9/h3-12,29H,13-14,24H2,1-2H3,(H,25,26,28);9H,3-8H2,1-2H3. The molecule has 0 bridgehead atoms. The van der Waals surface area contributed by atoms with E-state index in [0.717, 1.165) is 47.3 Å². The number of aliphatic hydroxyl groups is 1. The van der Waals surface area contributed by atoms with Gasteiger partial charge in [0.15, 0.2) is 5.82 Å². The van der Waals surface area contributed by atoms with Gasteiger partial charge in [0.2, 0.25) is 5.91 Å². The van der Waals surface area contributed by atoms with Gasteiger partial charge in [-0.25, -0.2) is 4.79 Å². The number of methoxy groups -OCH3 is 1. The topological polar surface area (TPSA) is 131 Å². The minimum atomic E-state index is -0.696. The van der Waals surface area contributed by atoms with Gasteiger partial charge in [0.1, 0.15) is 5.69 Å². The summed E-state index contributed by atoms with van der Waals surface area (Å²) in [6.45, 7) is 6.02. The fraction of sp³-hybridized carbons (Fsp3) is 0.455. The molecule has 9 nitrogen and oxygen atoms in total. The van der Waals surface area contributed by atoms with Crippen LogP contribution < -0.4 is 11.1 Å². The molecule has 4 N–H and O–H groups in total. The molecule has 224 valence electrons. The van der Waals surface area contributed by atoms with Crippen molar-refractivity contribution in [2.75, 3.05) is 19.0 Å². The minimum Gasteiger partial charge on any atom is -0.453 e. The first-order chi connectivity index (χ1) is 20.0. The van der Waals surface area contributed by atoms with E-state index in [9.17, 15) is 14.7 Å². The molecule has 0 saturated heterocycles. The van der Waals surface area contributed by atoms with Crippen molar-refractivity contribution in [2.24, 2.45) is 5.73 Å². The monoisotopic (exact) mass is 573 g/mol. The highest BCUT2D eigenvalue weighted by atomic mass is 16.5. The van der Waals surface area contributed by atoms with Crippen molar-refractivity contribution in [3.8, 4) is 22.4 Å². The number of benzene rings is 2. The molecule has 2 amide bonds. The van der Waals surface area contributed by atoms with Crippen molar-refractivity contribution in [3.63, 3.8) is 0 Å². The van der Waals surface area contributed by atoms with Crippen LogP contribution in [0.5, 0.6) is 0 Å². The molecule has 0 atom stereocenters. The number of hydrogen-bond acceptors (Lipinski definition) is 7. The Labute approximate surface area is 248 Å². The third-order valence-corrected chi connectivity index (χ3v) is 8.07. The molecule has 2 aliphatic carbocycles. The van der Waals surface area contributed by atoms with E-state index < -0.39 is 11.1 Å². The number of carbonyl (C=O) groups excluding carboxylic acids is 2. The Hall–Kier alpha value is -3.82. The largest absolute Gasteiger partial charge is 0.453 e. The zero-order chi connectivity index (χ0) is 30.3. The first-order valence-electron chi connectivity index (χ1n) is 14.7. The van der Waals surface area contributed by atoms with E-state index >= 15 is 0 Å². The quantitative estimate of drug-likeness (QED) is 0.336. The molecule has 1 aromatic heterocycles. The first kappa shape index (κ1) is 31.1. The Morgan fingerprint density at radius 1 is 1.02 bits per heavy atom. The van der Waals surface area contributed by atoms with E-state index in [1.807, 2.05) is 79.4 Å². The maximum absolute atomic E-state index is 11.4. The van der Waals surface area contributed by atoms with Gasteiger partial charge >= 0.3 is 6.09 Å². The van der Waals surface area contributed by atoms with Crippen LogP contribution >= 0.6 is 0 Å². The lowest BCUT2D eigenvalue weighted by Gasteiger charge is -2.49. The van der Waals surface area contributed by atoms with Gasteiger partial charge in [-0.05, 0) is 56.7 Å². The number of nitrogens with zero attached hydrogens (tertiary/aromatic N) is 3. The van der Waals surface area contributed by atoms with Gasteiger partial charge in [-0.3, -0.25) is 4.79 Å². The minimum absolute atomic E-state index is 0.172. The van der Waals surface area contributed by atoms with Crippen LogP contribution in [0.2, 0.25) is 0 Å². The lowest BCUT2D eigenvalue weighted by Crippen LogP contribution is -2.58. The SMILES string of the molecule is CC(=O)Nc1cc(-c2ccccc2)c(-c2ccc(C3(N)CC(C)(O)C3)cc2)nn1.CCN(C(=O)OC)C1CCCCC1. The summed E-state index contributed by atoms with van der Waals surface area (Å²) < 4.78 is 4.74. The van der Waals surface area contributed by atoms with Crippen LogP contribution in [0.4, 0.5) is 10.6 Å². The summed E-state index contributed by atoms with van der Waals surface area (Å²) in [6.07, 6.45) is 7.01. The van der Waals surface area contributed by atoms with Gasteiger partial charge in [-0.2, -0.15) is 0 Å². The van der Waals surface area contributed by atoms with E-state index in [0.29, 0.717) is 24.7 Å². The third-order valence-electron chi connectivity index (χ3n) is 8.07. The lowest BCUT2D eigenvalue weighted by molar-refractivity contribution is -0.114. The average Bonchev–Trinajstić information content (AvgIpc) is 2.97. The number of ether oxygens (including phenoxy) is 1. The fourth-order valence-corrected chi connectivity index (χ4v) is 6.20. The Morgan fingerprint density at radius 3 is 2.21 bits per heavy atom. The molecule has 0 radical (unpaired) electrons. The first-order valence-corrected chi connectivity index (χ1v) is 14.7. The summed E-state index contributed by atoms with van der Waals surface area (Å²) in [6, 6.07) is 20.1. The summed E-state index contributed by atoms with van der Waals surface area (Å²) in [5, 5.41) is 21.3. The van der Waals surface area contributed by atoms with Gasteiger partial charge in [-0.1, -0.05) is 73.9 Å². The zero-order valence-corrected chi connectivity index (χ0v) is 25.1. The third kappa shape index (κ3) is 7.52. The molecule has 0 unspecified atom stereocenters. The van der Waals surface area contributed by atoms with Crippen molar-refractivity contribution < 1.29 is 19.4 Å². The predicted molar refractivity (Wildman–Crippen MR) is 165 cm³/mol. The smallest absolute Gasteiger partial charge is 0.409 e. The molecule has 3 aromatic rings. The van der Waals surface area contributed by atoms with E-state index in [2.05, 4.69) is 15.5 Å². The Kier molecular flexibility index (Phi) is 9.96. The molecular formula is C33H43N5O4. The lowest BCUT2D eigenvalue weighted by atomic mass is 9.63. The molecule has 2 aromatic carbocycles. The van der Waals surface area contributed by atoms with E-state index in [4.69, 9.17) is 10.5 Å². The predicted octanol–water partition coefficient (Wildman–Crippen LogP) is 5.88. The molecule has 1 heterocycles. The average molecular weight is 574 g/mol. The summed E-state index contributed by atoms with van der Waals surface area (Å²) in [5.74, 6) is 0.217. The van der Waals surface area contributed by atoms with Gasteiger partial charge < -0.3 is 25.8 Å². The number of hydrogen-bond donors (Lipinski definition) is 3. The van der Waals surface area contributed by atoms with Gasteiger partial charge in [0, 0.05) is 36.2 Å². The Balaban J connectivity index is 0.000000262. The van der Waals surface area contributed by atoms with Crippen molar-refractivity contribution in [2.45, 2.75) is 82.9 Å². The highest BCUT2D eigenvalue weighted by Gasteiger charge is 2.49. The van der Waals surface area contributed by atoms with Crippen LogP contribution in [-0.4, -0.2) is 57.5 Å². The van der Waals surface area contributed by atoms with E-state index in [-0.39, 0.29) is 12.0 Å². The maximum atomic E-state index is 11.4. The Bertz CT molecular complexity index is 1350. The molecule has 2 saturated carbocycles. The van der Waals surface area contributed by atoms with E-state index in [1.54, 1.807) is 0 Å². The molecule has 42 heavy (non-hydrogen) atoms. The molecule has 0 spiro atoms. The maximum Gasteiger partial charge on any atom is 0.409 e. The van der Waals surface area contributed by atoms with Crippen molar-refractivity contribution >= 4 is 17.8 Å². The van der Waals surface area contributed by atoms with Gasteiger partial charge in [0.05, 0.1) is 12.7 Å². The Morgan fingerprint density at radius 2 is 1.67 bits per heavy atom. The summed E-state index contributed by atoms with van der Waals surface area (Å²) >= 11 is 0. The van der Waals surface area contributed by atoms with Gasteiger partial charge in [0.25, 0.3) is 0 Å². The normalized spacial score (nSPS) is 21.8. The number of nitrogens with one attached hydrogen (secondary N) is 1. The van der Waals surface area contributed by atoms with Crippen LogP contribution in [0.3, 0.4) is 0 Å². The number of aromatic nitrogens is 2. The zero-order valence-electron chi connectivity index (χ0n) is 25.1. The number of anilines is 1. The van der Waals surface area contributed by atoms with Crippen LogP contribution in [-0.2, 0) is 15.1 Å². The highest BCUT2D eigenvalue weighted by Crippen LogP contribution is 2.46. The van der Waals surface area contributed by atoms with Gasteiger partial charge in [-0.15, -0.1) is 10.2 Å². The summed E-state index contributed by atoms with van der Waals surface area (Å²) in [4.78, 5) is 24.6. The number of carbonyl (C=O) groups is 2. The second kappa shape index (κ2) is 13.4. The van der Waals surface area contributed by atoms with Crippen LogP contribution in [0.1, 0.15) is 71.3 Å². The van der Waals surface area contributed by atoms with Crippen molar-refractivity contribution in [1.29, 1.82) is 0 Å². The molecular weight excluding hydrogens is 530 g/mol. The molecule has 9 heteroatoms. The number of rotatable bonds is 6. The van der Waals surface area contributed by atoms with Crippen LogP contribution in [0.25, 0.3) is 22.4 Å². The summed E-state index contributed by atoms with van der Waals surface area (Å²) in [7, 11) is 1.45. The molecule has 0 aliphatic heterocycles. The second-order valence-corrected chi connectivity index (χ2v) is 11.7. The second-order valence-electron chi connectivity index (χ2n) is 11.7. The summed E-state index contributed by atoms with van der Waals surface area (Å²) in [5.41, 5.74) is 9.75. The van der Waals surface area contributed by atoms with E-state index in [1.165, 1.54) is 33.3 Å². The van der Waals surface area contributed by atoms with Crippen molar-refractivity contribution in [3.05, 3.63) is 66.2 Å². The van der Waals surface area contributed by atoms with Crippen molar-refractivity contribution in [1.82, 2.24) is 15.1 Å². The van der Waals surface area contributed by atoms with Crippen LogP contribution in [0.15, 0.2) is 60.7 Å².